The summed E-state index contributed by atoms with van der Waals surface area (Å²) < 4.78 is 2.11. The second kappa shape index (κ2) is 4.27. The first kappa shape index (κ1) is 10.8. The summed E-state index contributed by atoms with van der Waals surface area (Å²) in [6, 6.07) is 4.20. The highest BCUT2D eigenvalue weighted by Crippen LogP contribution is 2.11. The van der Waals surface area contributed by atoms with Crippen LogP contribution in [0.15, 0.2) is 18.3 Å². The van der Waals surface area contributed by atoms with Crippen molar-refractivity contribution >= 4 is 5.65 Å². The molecule has 2 aromatic heterocycles. The summed E-state index contributed by atoms with van der Waals surface area (Å²) in [5.41, 5.74) is 4.64. The van der Waals surface area contributed by atoms with Crippen molar-refractivity contribution in [2.75, 3.05) is 0 Å². The van der Waals surface area contributed by atoms with Crippen molar-refractivity contribution in [3.63, 3.8) is 0 Å². The van der Waals surface area contributed by atoms with Crippen LogP contribution < -0.4 is 0 Å². The first-order valence-electron chi connectivity index (χ1n) is 5.10. The lowest BCUT2D eigenvalue weighted by atomic mass is 10.3. The van der Waals surface area contributed by atoms with Gasteiger partial charge in [-0.05, 0) is 38.5 Å². The maximum absolute atomic E-state index is 4.44. The Hall–Kier alpha value is -1.31. The van der Waals surface area contributed by atoms with E-state index in [-0.39, 0.29) is 0 Å². The standard InChI is InChI=1S/C10H12N2.C2H6/c1-7-4-5-12-9(3)8(2)11-10(12)6-7;1-2/h4-6H,1-3H3;1-2H3. The largest absolute Gasteiger partial charge is 0.304 e. The Morgan fingerprint density at radius 3 is 2.43 bits per heavy atom. The third-order valence-electron chi connectivity index (χ3n) is 2.26. The number of imidazole rings is 1. The van der Waals surface area contributed by atoms with Gasteiger partial charge in [-0.1, -0.05) is 13.8 Å². The Bertz CT molecular complexity index is 427. The van der Waals surface area contributed by atoms with Crippen molar-refractivity contribution in [3.05, 3.63) is 35.3 Å². The molecule has 0 amide bonds. The van der Waals surface area contributed by atoms with Gasteiger partial charge in [0.15, 0.2) is 0 Å². The minimum Gasteiger partial charge on any atom is -0.304 e. The van der Waals surface area contributed by atoms with Gasteiger partial charge in [0.05, 0.1) is 5.69 Å². The zero-order valence-corrected chi connectivity index (χ0v) is 9.63. The molecule has 0 aliphatic heterocycles. The molecule has 0 aromatic carbocycles. The number of rotatable bonds is 0. The molecule has 0 aliphatic carbocycles. The van der Waals surface area contributed by atoms with Gasteiger partial charge in [-0.2, -0.15) is 0 Å². The van der Waals surface area contributed by atoms with Crippen LogP contribution in [0.2, 0.25) is 0 Å². The molecular weight excluding hydrogens is 172 g/mol. The van der Waals surface area contributed by atoms with Crippen molar-refractivity contribution < 1.29 is 0 Å². The SMILES string of the molecule is CC.Cc1ccn2c(C)c(C)nc2c1. The van der Waals surface area contributed by atoms with Crippen LogP contribution in [0.5, 0.6) is 0 Å². The molecule has 2 aromatic rings. The summed E-state index contributed by atoms with van der Waals surface area (Å²) in [4.78, 5) is 4.44. The maximum atomic E-state index is 4.44. The molecule has 2 heteroatoms. The van der Waals surface area contributed by atoms with Crippen LogP contribution in [0.1, 0.15) is 30.8 Å². The van der Waals surface area contributed by atoms with E-state index in [4.69, 9.17) is 0 Å². The number of nitrogens with zero attached hydrogens (tertiary/aromatic N) is 2. The molecule has 0 saturated carbocycles. The van der Waals surface area contributed by atoms with Crippen molar-refractivity contribution in [1.29, 1.82) is 0 Å². The molecule has 0 N–H and O–H groups in total. The number of hydrogen-bond acceptors (Lipinski definition) is 1. The predicted molar refractivity (Wildman–Crippen MR) is 60.8 cm³/mol. The maximum Gasteiger partial charge on any atom is 0.137 e. The van der Waals surface area contributed by atoms with Crippen molar-refractivity contribution in [2.24, 2.45) is 0 Å². The van der Waals surface area contributed by atoms with E-state index in [1.807, 2.05) is 20.8 Å². The summed E-state index contributed by atoms with van der Waals surface area (Å²) in [5, 5.41) is 0. The Kier molecular flexibility index (Phi) is 3.28. The van der Waals surface area contributed by atoms with Crippen LogP contribution in [0.3, 0.4) is 0 Å². The van der Waals surface area contributed by atoms with Crippen LogP contribution in [0.25, 0.3) is 5.65 Å². The highest BCUT2D eigenvalue weighted by molar-refractivity contribution is 5.44. The van der Waals surface area contributed by atoms with Crippen molar-refractivity contribution in [1.82, 2.24) is 9.38 Å². The minimum atomic E-state index is 1.05. The molecule has 0 saturated heterocycles. The summed E-state index contributed by atoms with van der Waals surface area (Å²) in [6.45, 7) is 10.2. The average molecular weight is 190 g/mol. The normalized spacial score (nSPS) is 9.79. The smallest absolute Gasteiger partial charge is 0.137 e. The quantitative estimate of drug-likeness (QED) is 0.623. The predicted octanol–water partition coefficient (Wildman–Crippen LogP) is 3.29. The average Bonchev–Trinajstić information content (AvgIpc) is 2.45. The lowest BCUT2D eigenvalue weighted by Crippen LogP contribution is -1.86. The molecule has 14 heavy (non-hydrogen) atoms. The molecule has 0 radical (unpaired) electrons. The van der Waals surface area contributed by atoms with Crippen molar-refractivity contribution in [3.8, 4) is 0 Å². The highest BCUT2D eigenvalue weighted by Gasteiger charge is 2.02. The molecule has 2 nitrogen and oxygen atoms in total. The van der Waals surface area contributed by atoms with Crippen molar-refractivity contribution in [2.45, 2.75) is 34.6 Å². The topological polar surface area (TPSA) is 17.3 Å². The monoisotopic (exact) mass is 190 g/mol. The zero-order valence-electron chi connectivity index (χ0n) is 9.63. The number of hydrogen-bond donors (Lipinski definition) is 0. The first-order chi connectivity index (χ1) is 6.68. The van der Waals surface area contributed by atoms with Gasteiger partial charge in [-0.15, -0.1) is 0 Å². The molecule has 0 bridgehead atoms. The fourth-order valence-electron chi connectivity index (χ4n) is 1.39. The lowest BCUT2D eigenvalue weighted by molar-refractivity contribution is 1.09. The lowest BCUT2D eigenvalue weighted by Gasteiger charge is -1.96. The van der Waals surface area contributed by atoms with Crippen LogP contribution in [-0.2, 0) is 0 Å². The first-order valence-corrected chi connectivity index (χ1v) is 5.10. The van der Waals surface area contributed by atoms with Gasteiger partial charge in [0.25, 0.3) is 0 Å². The van der Waals surface area contributed by atoms with E-state index in [9.17, 15) is 0 Å². The van der Waals surface area contributed by atoms with Crippen LogP contribution in [0.4, 0.5) is 0 Å². The van der Waals surface area contributed by atoms with Gasteiger partial charge >= 0.3 is 0 Å². The second-order valence-corrected chi connectivity index (χ2v) is 3.21. The number of fused-ring (bicyclic) bond motifs is 1. The Morgan fingerprint density at radius 2 is 1.79 bits per heavy atom. The Balaban J connectivity index is 0.000000461. The fourth-order valence-corrected chi connectivity index (χ4v) is 1.39. The molecule has 2 rings (SSSR count). The molecule has 0 unspecified atom stereocenters. The Morgan fingerprint density at radius 1 is 1.14 bits per heavy atom. The van der Waals surface area contributed by atoms with E-state index >= 15 is 0 Å². The summed E-state index contributed by atoms with van der Waals surface area (Å²) in [5.74, 6) is 0. The number of aryl methyl sites for hydroxylation is 3. The molecule has 2 heterocycles. The third kappa shape index (κ3) is 1.79. The van der Waals surface area contributed by atoms with Crippen LogP contribution in [-0.4, -0.2) is 9.38 Å². The highest BCUT2D eigenvalue weighted by atomic mass is 15.0. The van der Waals surface area contributed by atoms with Gasteiger partial charge in [0.1, 0.15) is 5.65 Å². The summed E-state index contributed by atoms with van der Waals surface area (Å²) in [7, 11) is 0. The van der Waals surface area contributed by atoms with Gasteiger partial charge < -0.3 is 4.40 Å². The van der Waals surface area contributed by atoms with E-state index in [0.29, 0.717) is 0 Å². The molecule has 0 spiro atoms. The molecule has 0 atom stereocenters. The summed E-state index contributed by atoms with van der Waals surface area (Å²) >= 11 is 0. The van der Waals surface area contributed by atoms with Gasteiger partial charge in [0, 0.05) is 11.9 Å². The van der Waals surface area contributed by atoms with E-state index in [2.05, 4.69) is 41.6 Å². The van der Waals surface area contributed by atoms with Crippen LogP contribution >= 0.6 is 0 Å². The van der Waals surface area contributed by atoms with E-state index < -0.39 is 0 Å². The number of pyridine rings is 1. The Labute approximate surface area is 85.6 Å². The fraction of sp³-hybridized carbons (Fsp3) is 0.417. The van der Waals surface area contributed by atoms with Gasteiger partial charge in [-0.25, -0.2) is 4.98 Å². The molecule has 76 valence electrons. The van der Waals surface area contributed by atoms with E-state index in [1.165, 1.54) is 11.3 Å². The van der Waals surface area contributed by atoms with Crippen LogP contribution in [0, 0.1) is 20.8 Å². The molecule has 0 aliphatic rings. The zero-order chi connectivity index (χ0) is 10.7. The third-order valence-corrected chi connectivity index (χ3v) is 2.26. The van der Waals surface area contributed by atoms with E-state index in [1.54, 1.807) is 0 Å². The minimum absolute atomic E-state index is 1.05. The van der Waals surface area contributed by atoms with E-state index in [0.717, 1.165) is 11.3 Å². The van der Waals surface area contributed by atoms with Gasteiger partial charge in [0.2, 0.25) is 0 Å². The van der Waals surface area contributed by atoms with Gasteiger partial charge in [-0.3, -0.25) is 0 Å². The number of aromatic nitrogens is 2. The molecular formula is C12H18N2. The molecule has 0 fully saturated rings. The summed E-state index contributed by atoms with van der Waals surface area (Å²) in [6.07, 6.45) is 2.07. The second-order valence-electron chi connectivity index (χ2n) is 3.21.